The van der Waals surface area contributed by atoms with Gasteiger partial charge in [-0.15, -0.1) is 0 Å². The summed E-state index contributed by atoms with van der Waals surface area (Å²) in [7, 11) is 0. The van der Waals surface area contributed by atoms with Crippen LogP contribution in [0.5, 0.6) is 0 Å². The highest BCUT2D eigenvalue weighted by Crippen LogP contribution is 2.35. The third-order valence-electron chi connectivity index (χ3n) is 4.68. The van der Waals surface area contributed by atoms with Gasteiger partial charge in [-0.25, -0.2) is 0 Å². The second-order valence-corrected chi connectivity index (χ2v) is 5.85. The van der Waals surface area contributed by atoms with Crippen molar-refractivity contribution >= 4 is 11.6 Å². The van der Waals surface area contributed by atoms with Gasteiger partial charge < -0.3 is 10.6 Å². The number of hydrogen-bond donors (Lipinski definition) is 1. The van der Waals surface area contributed by atoms with Crippen LogP contribution in [0.1, 0.15) is 37.3 Å². The van der Waals surface area contributed by atoms with Crippen molar-refractivity contribution in [1.82, 2.24) is 4.90 Å². The largest absolute Gasteiger partial charge is 0.399 e. The van der Waals surface area contributed by atoms with Crippen LogP contribution in [0.2, 0.25) is 0 Å². The molecule has 1 fully saturated rings. The number of carbonyl (C=O) groups excluding carboxylic acids is 1. The van der Waals surface area contributed by atoms with Crippen molar-refractivity contribution in [3.63, 3.8) is 0 Å². The molecule has 3 heteroatoms. The van der Waals surface area contributed by atoms with Crippen LogP contribution >= 0.6 is 0 Å². The average Bonchev–Trinajstić information content (AvgIpc) is 2.43. The Kier molecular flexibility index (Phi) is 3.21. The van der Waals surface area contributed by atoms with Crippen LogP contribution in [0.25, 0.3) is 0 Å². The van der Waals surface area contributed by atoms with Gasteiger partial charge in [0.15, 0.2) is 0 Å². The van der Waals surface area contributed by atoms with Crippen molar-refractivity contribution in [3.05, 3.63) is 29.3 Å². The number of rotatable bonds is 1. The maximum Gasteiger partial charge on any atom is 0.222 e. The van der Waals surface area contributed by atoms with Crippen molar-refractivity contribution in [3.8, 4) is 0 Å². The number of carbonyl (C=O) groups is 1. The van der Waals surface area contributed by atoms with E-state index in [1.165, 1.54) is 17.5 Å². The van der Waals surface area contributed by atoms with Crippen LogP contribution in [-0.4, -0.2) is 23.4 Å². The fourth-order valence-electron chi connectivity index (χ4n) is 3.71. The van der Waals surface area contributed by atoms with E-state index in [1.807, 2.05) is 13.0 Å². The monoisotopic (exact) mass is 258 g/mol. The number of nitrogen functional groups attached to an aromatic ring is 1. The van der Waals surface area contributed by atoms with Crippen molar-refractivity contribution in [2.75, 3.05) is 12.3 Å². The smallest absolute Gasteiger partial charge is 0.222 e. The molecule has 19 heavy (non-hydrogen) atoms. The van der Waals surface area contributed by atoms with Crippen LogP contribution in [0, 0.1) is 5.92 Å². The fraction of sp³-hybridized carbons (Fsp3) is 0.562. The number of amides is 1. The first-order chi connectivity index (χ1) is 9.19. The summed E-state index contributed by atoms with van der Waals surface area (Å²) in [6.07, 6.45) is 5.11. The summed E-state index contributed by atoms with van der Waals surface area (Å²) in [5.74, 6) is 0.947. The molecule has 1 aromatic carbocycles. The van der Waals surface area contributed by atoms with Crippen LogP contribution in [0.3, 0.4) is 0 Å². The Morgan fingerprint density at radius 2 is 2.21 bits per heavy atom. The van der Waals surface area contributed by atoms with E-state index in [2.05, 4.69) is 17.0 Å². The molecule has 2 aliphatic rings. The molecule has 0 radical (unpaired) electrons. The second kappa shape index (κ2) is 4.87. The maximum absolute atomic E-state index is 12.1. The zero-order valence-corrected chi connectivity index (χ0v) is 11.6. The van der Waals surface area contributed by atoms with Gasteiger partial charge in [-0.2, -0.15) is 0 Å². The molecule has 1 aromatic rings. The highest BCUT2D eigenvalue weighted by molar-refractivity contribution is 5.76. The molecule has 0 unspecified atom stereocenters. The Hall–Kier alpha value is -1.51. The van der Waals surface area contributed by atoms with Crippen molar-refractivity contribution in [1.29, 1.82) is 0 Å². The number of nitrogens with zero attached hydrogens (tertiary/aromatic N) is 1. The van der Waals surface area contributed by atoms with E-state index < -0.39 is 0 Å². The minimum absolute atomic E-state index is 0.307. The topological polar surface area (TPSA) is 46.3 Å². The van der Waals surface area contributed by atoms with E-state index in [0.717, 1.165) is 31.5 Å². The van der Waals surface area contributed by atoms with Crippen molar-refractivity contribution < 1.29 is 4.79 Å². The number of piperidine rings is 1. The van der Waals surface area contributed by atoms with Crippen LogP contribution in [-0.2, 0) is 17.6 Å². The van der Waals surface area contributed by atoms with Gasteiger partial charge in [-0.05, 0) is 54.9 Å². The van der Waals surface area contributed by atoms with Crippen LogP contribution in [0.4, 0.5) is 5.69 Å². The molecule has 2 N–H and O–H groups in total. The minimum atomic E-state index is 0.307. The molecule has 1 aliphatic heterocycles. The quantitative estimate of drug-likeness (QED) is 0.786. The maximum atomic E-state index is 12.1. The molecule has 0 bridgehead atoms. The molecule has 2 atom stereocenters. The molecule has 1 aliphatic carbocycles. The van der Waals surface area contributed by atoms with E-state index in [0.29, 0.717) is 24.3 Å². The second-order valence-electron chi connectivity index (χ2n) is 5.85. The van der Waals surface area contributed by atoms with Gasteiger partial charge in [0.05, 0.1) is 0 Å². The van der Waals surface area contributed by atoms with Gasteiger partial charge in [-0.3, -0.25) is 4.79 Å². The normalized spacial score (nSPS) is 25.6. The fourth-order valence-corrected chi connectivity index (χ4v) is 3.71. The zero-order chi connectivity index (χ0) is 13.4. The molecule has 3 rings (SSSR count). The summed E-state index contributed by atoms with van der Waals surface area (Å²) in [6.45, 7) is 2.90. The lowest BCUT2D eigenvalue weighted by Crippen LogP contribution is -2.51. The zero-order valence-electron chi connectivity index (χ0n) is 11.6. The molecule has 3 nitrogen and oxygen atoms in total. The van der Waals surface area contributed by atoms with E-state index in [1.54, 1.807) is 0 Å². The summed E-state index contributed by atoms with van der Waals surface area (Å²) in [5, 5.41) is 0. The standard InChI is InChI=1S/C16H22N2O/c1-2-16(19)18-7-3-4-12-8-11-5-6-14(17)9-13(11)10-15(12)18/h5-6,9,12,15H,2-4,7-8,10,17H2,1H3/t12-,15-/m1/s1. The van der Waals surface area contributed by atoms with Gasteiger partial charge in [0, 0.05) is 24.7 Å². The van der Waals surface area contributed by atoms with Gasteiger partial charge >= 0.3 is 0 Å². The van der Waals surface area contributed by atoms with Gasteiger partial charge in [0.2, 0.25) is 5.91 Å². The third-order valence-corrected chi connectivity index (χ3v) is 4.68. The third kappa shape index (κ3) is 2.22. The lowest BCUT2D eigenvalue weighted by atomic mass is 9.75. The van der Waals surface area contributed by atoms with E-state index >= 15 is 0 Å². The Balaban J connectivity index is 1.90. The highest BCUT2D eigenvalue weighted by atomic mass is 16.2. The van der Waals surface area contributed by atoms with Gasteiger partial charge in [0.1, 0.15) is 0 Å². The van der Waals surface area contributed by atoms with Gasteiger partial charge in [0.25, 0.3) is 0 Å². The number of benzene rings is 1. The van der Waals surface area contributed by atoms with E-state index in [-0.39, 0.29) is 0 Å². The van der Waals surface area contributed by atoms with Crippen molar-refractivity contribution in [2.24, 2.45) is 5.92 Å². The summed E-state index contributed by atoms with van der Waals surface area (Å²) >= 11 is 0. The number of fused-ring (bicyclic) bond motifs is 2. The summed E-state index contributed by atoms with van der Waals surface area (Å²) in [4.78, 5) is 14.2. The SMILES string of the molecule is CCC(=O)N1CCC[C@@H]2Cc3ccc(N)cc3C[C@H]21. The lowest BCUT2D eigenvalue weighted by molar-refractivity contribution is -0.136. The van der Waals surface area contributed by atoms with Gasteiger partial charge in [-0.1, -0.05) is 13.0 Å². The predicted molar refractivity (Wildman–Crippen MR) is 76.8 cm³/mol. The first-order valence-corrected chi connectivity index (χ1v) is 7.35. The Labute approximate surface area is 114 Å². The minimum Gasteiger partial charge on any atom is -0.399 e. The summed E-state index contributed by atoms with van der Waals surface area (Å²) in [6, 6.07) is 6.66. The number of likely N-dealkylation sites (tertiary alicyclic amines) is 1. The van der Waals surface area contributed by atoms with Crippen LogP contribution in [0.15, 0.2) is 18.2 Å². The van der Waals surface area contributed by atoms with Crippen molar-refractivity contribution in [2.45, 2.75) is 45.1 Å². The van der Waals surface area contributed by atoms with Crippen LogP contribution < -0.4 is 5.73 Å². The first kappa shape index (κ1) is 12.5. The molecule has 0 saturated carbocycles. The Bertz CT molecular complexity index is 498. The van der Waals surface area contributed by atoms with E-state index in [4.69, 9.17) is 5.73 Å². The molecular formula is C16H22N2O. The summed E-state index contributed by atoms with van der Waals surface area (Å²) < 4.78 is 0. The van der Waals surface area contributed by atoms with E-state index in [9.17, 15) is 4.79 Å². The molecule has 1 amide bonds. The molecule has 1 heterocycles. The molecular weight excluding hydrogens is 236 g/mol. The molecule has 0 spiro atoms. The molecule has 0 aromatic heterocycles. The average molecular weight is 258 g/mol. The Morgan fingerprint density at radius 1 is 1.37 bits per heavy atom. The molecule has 1 saturated heterocycles. The lowest BCUT2D eigenvalue weighted by Gasteiger charge is -2.44. The first-order valence-electron chi connectivity index (χ1n) is 7.35. The predicted octanol–water partition coefficient (Wildman–Crippen LogP) is 2.38. The highest BCUT2D eigenvalue weighted by Gasteiger charge is 2.36. The Morgan fingerprint density at radius 3 is 3.00 bits per heavy atom. The number of nitrogens with two attached hydrogens (primary N) is 1. The molecule has 102 valence electrons. The summed E-state index contributed by atoms with van der Waals surface area (Å²) in [5.41, 5.74) is 9.50. The number of hydrogen-bond acceptors (Lipinski definition) is 2. The number of anilines is 1.